The monoisotopic (exact) mass is 598 g/mol. The van der Waals surface area contributed by atoms with Gasteiger partial charge in [0.25, 0.3) is 0 Å². The van der Waals surface area contributed by atoms with Gasteiger partial charge in [-0.25, -0.2) is 0 Å². The van der Waals surface area contributed by atoms with Crippen molar-refractivity contribution in [1.82, 2.24) is 0 Å². The normalized spacial score (nSPS) is 32.6. The van der Waals surface area contributed by atoms with E-state index in [0.717, 1.165) is 0 Å². The molecular weight excluding hydrogens is 598 g/mol. The van der Waals surface area contributed by atoms with Crippen LogP contribution in [0, 0.1) is 0 Å². The minimum absolute atomic E-state index is 0.294. The van der Waals surface area contributed by atoms with Crippen molar-refractivity contribution in [2.24, 2.45) is 0 Å². The first-order chi connectivity index (χ1) is 8.97. The maximum absolute atomic E-state index is 6.20. The van der Waals surface area contributed by atoms with Gasteiger partial charge in [0, 0.05) is 11.1 Å². The summed E-state index contributed by atoms with van der Waals surface area (Å²) >= 11 is 74.2. The van der Waals surface area contributed by atoms with Gasteiger partial charge in [-0.15, -0.1) is 133 Å². The number of hydrogen-bond donors (Lipinski definition) is 0. The largest absolute Gasteiger partial charge is 0.344 e. The number of halogens is 12. The van der Waals surface area contributed by atoms with Crippen molar-refractivity contribution in [3.8, 4) is 0 Å². The van der Waals surface area contributed by atoms with Gasteiger partial charge >= 0.3 is 24.0 Å². The van der Waals surface area contributed by atoms with Crippen molar-refractivity contribution in [3.63, 3.8) is 0 Å². The van der Waals surface area contributed by atoms with E-state index in [1.54, 1.807) is 0 Å². The molecule has 1 fully saturated rings. The van der Waals surface area contributed by atoms with Crippen LogP contribution in [0.1, 0.15) is 6.42 Å². The van der Waals surface area contributed by atoms with E-state index in [4.69, 9.17) is 133 Å². The van der Waals surface area contributed by atoms with Crippen molar-refractivity contribution in [1.29, 1.82) is 0 Å². The van der Waals surface area contributed by atoms with Crippen molar-refractivity contribution >= 4 is 157 Å². The average molecular weight is 604 g/mol. The Morgan fingerprint density at radius 2 is 0.667 bits per heavy atom. The van der Waals surface area contributed by atoms with Gasteiger partial charge in [0.15, 0.2) is 0 Å². The van der Waals surface area contributed by atoms with Crippen molar-refractivity contribution in [3.05, 3.63) is 0 Å². The summed E-state index contributed by atoms with van der Waals surface area (Å²) in [5.74, 6) is 0. The first-order valence-corrected chi connectivity index (χ1v) is 25.7. The fourth-order valence-corrected chi connectivity index (χ4v) is 27.4. The van der Waals surface area contributed by atoms with Crippen molar-refractivity contribution in [2.45, 2.75) is 28.6 Å². The lowest BCUT2D eigenvalue weighted by atomic mass is 10.3. The van der Waals surface area contributed by atoms with Gasteiger partial charge in [-0.3, -0.25) is 0 Å². The SMILES string of the molecule is Cl[Si](Cl)(Cl)C1CC([Si](Cl)(Cl)Cl)C([Si](Cl)(Cl)Cl)C1[Si](Cl)(Cl)Cl. The molecule has 0 nitrogen and oxygen atoms in total. The summed E-state index contributed by atoms with van der Waals surface area (Å²) < 4.78 is 0. The third kappa shape index (κ3) is 6.18. The predicted molar refractivity (Wildman–Crippen MR) is 113 cm³/mol. The lowest BCUT2D eigenvalue weighted by Crippen LogP contribution is -2.38. The van der Waals surface area contributed by atoms with E-state index in [0.29, 0.717) is 6.42 Å². The standard InChI is InChI=1S/C5H6Cl12Si4/c6-18(7,8)2-1-3(19(9,10)11)5(21(15,16)17)4(2)20(12,13)14/h2-5H,1H2. The summed E-state index contributed by atoms with van der Waals surface area (Å²) in [6.45, 7) is 0. The summed E-state index contributed by atoms with van der Waals surface area (Å²) in [5, 5.41) is 0. The summed E-state index contributed by atoms with van der Waals surface area (Å²) in [7, 11) is 0. The first-order valence-electron chi connectivity index (χ1n) is 5.24. The molecular formula is C5H6Cl12Si4. The molecule has 1 saturated carbocycles. The van der Waals surface area contributed by atoms with Crippen LogP contribution < -0.4 is 0 Å². The van der Waals surface area contributed by atoms with Gasteiger partial charge in [0.1, 0.15) is 0 Å². The highest BCUT2D eigenvalue weighted by molar-refractivity contribution is 7.71. The van der Waals surface area contributed by atoms with Crippen molar-refractivity contribution in [2.75, 3.05) is 0 Å². The minimum Gasteiger partial charge on any atom is -0.126 e. The highest BCUT2D eigenvalue weighted by Gasteiger charge is 2.69. The molecule has 0 aromatic rings. The molecule has 21 heavy (non-hydrogen) atoms. The predicted octanol–water partition coefficient (Wildman–Crippen LogP) is 8.49. The molecule has 1 aliphatic rings. The molecule has 0 aromatic heterocycles. The summed E-state index contributed by atoms with van der Waals surface area (Å²) in [5.41, 5.74) is -2.31. The highest BCUT2D eigenvalue weighted by atomic mass is 35.9. The van der Waals surface area contributed by atoms with Gasteiger partial charge in [0.2, 0.25) is 0 Å². The fourth-order valence-electron chi connectivity index (χ4n) is 2.61. The van der Waals surface area contributed by atoms with Gasteiger partial charge in [0.05, 0.1) is 0 Å². The third-order valence-electron chi connectivity index (χ3n) is 3.36. The third-order valence-corrected chi connectivity index (χ3v) is 19.8. The van der Waals surface area contributed by atoms with Crippen LogP contribution in [0.5, 0.6) is 0 Å². The Labute approximate surface area is 183 Å². The Morgan fingerprint density at radius 3 is 0.810 bits per heavy atom. The molecule has 1 rings (SSSR count). The Kier molecular flexibility index (Phi) is 8.65. The van der Waals surface area contributed by atoms with E-state index < -0.39 is 46.2 Å². The molecule has 0 aliphatic heterocycles. The minimum atomic E-state index is -3.36. The number of hydrogen-bond acceptors (Lipinski definition) is 0. The average Bonchev–Trinajstić information content (AvgIpc) is 2.52. The lowest BCUT2D eigenvalue weighted by Gasteiger charge is -2.35. The maximum atomic E-state index is 6.20. The maximum Gasteiger partial charge on any atom is 0.344 e. The Bertz CT molecular complexity index is 341. The molecule has 0 amide bonds. The van der Waals surface area contributed by atoms with E-state index >= 15 is 0 Å². The quantitative estimate of drug-likeness (QED) is 0.223. The van der Waals surface area contributed by atoms with Gasteiger partial charge in [-0.05, 0) is 17.5 Å². The molecule has 0 spiro atoms. The molecule has 1 aliphatic carbocycles. The van der Waals surface area contributed by atoms with Crippen LogP contribution in [0.15, 0.2) is 0 Å². The second-order valence-corrected chi connectivity index (χ2v) is 40.2. The Hall–Kier alpha value is 4.35. The smallest absolute Gasteiger partial charge is 0.126 e. The zero-order valence-corrected chi connectivity index (χ0v) is 22.6. The van der Waals surface area contributed by atoms with Crippen LogP contribution >= 0.6 is 133 Å². The van der Waals surface area contributed by atoms with Crippen LogP contribution in [0.2, 0.25) is 22.2 Å². The molecule has 126 valence electrons. The molecule has 16 heteroatoms. The summed E-state index contributed by atoms with van der Waals surface area (Å²) in [6.07, 6.45) is 0.294. The van der Waals surface area contributed by atoms with Gasteiger partial charge in [-0.1, -0.05) is 0 Å². The van der Waals surface area contributed by atoms with E-state index in [9.17, 15) is 0 Å². The van der Waals surface area contributed by atoms with E-state index in [1.807, 2.05) is 0 Å². The van der Waals surface area contributed by atoms with Crippen LogP contribution in [-0.4, -0.2) is 24.0 Å². The molecule has 0 saturated heterocycles. The van der Waals surface area contributed by atoms with Crippen LogP contribution in [0.4, 0.5) is 0 Å². The zero-order chi connectivity index (χ0) is 17.0. The molecule has 0 aromatic carbocycles. The number of rotatable bonds is 4. The summed E-state index contributed by atoms with van der Waals surface area (Å²) in [4.78, 5) is 0. The van der Waals surface area contributed by atoms with E-state index in [1.165, 1.54) is 0 Å². The molecule has 4 atom stereocenters. The molecule has 0 N–H and O–H groups in total. The van der Waals surface area contributed by atoms with E-state index in [-0.39, 0.29) is 0 Å². The Morgan fingerprint density at radius 1 is 0.429 bits per heavy atom. The fraction of sp³-hybridized carbons (Fsp3) is 1.00. The van der Waals surface area contributed by atoms with Crippen molar-refractivity contribution < 1.29 is 0 Å². The Balaban J connectivity index is 3.42. The highest BCUT2D eigenvalue weighted by Crippen LogP contribution is 2.74. The van der Waals surface area contributed by atoms with Gasteiger partial charge < -0.3 is 0 Å². The molecule has 4 unspecified atom stereocenters. The second kappa shape index (κ2) is 7.76. The van der Waals surface area contributed by atoms with Crippen LogP contribution in [0.3, 0.4) is 0 Å². The summed E-state index contributed by atoms with van der Waals surface area (Å²) in [6, 6.07) is -13.2. The molecule has 0 heterocycles. The van der Waals surface area contributed by atoms with Gasteiger partial charge in [-0.2, -0.15) is 0 Å². The van der Waals surface area contributed by atoms with E-state index in [2.05, 4.69) is 0 Å². The first kappa shape index (κ1) is 23.4. The molecule has 0 bridgehead atoms. The van der Waals surface area contributed by atoms with Crippen LogP contribution in [-0.2, 0) is 0 Å². The second-order valence-electron chi connectivity index (χ2n) is 4.67. The zero-order valence-electron chi connectivity index (χ0n) is 9.55. The topological polar surface area (TPSA) is 0 Å². The lowest BCUT2D eigenvalue weighted by molar-refractivity contribution is 0.844. The van der Waals surface area contributed by atoms with Crippen LogP contribution in [0.25, 0.3) is 0 Å². The molecule has 0 radical (unpaired) electrons.